The zero-order chi connectivity index (χ0) is 14.4. The molecule has 1 aromatic heterocycles. The molecule has 106 valence electrons. The highest BCUT2D eigenvalue weighted by Crippen LogP contribution is 2.29. The molecule has 0 fully saturated rings. The average molecular weight is 296 g/mol. The summed E-state index contributed by atoms with van der Waals surface area (Å²) >= 11 is 5.47. The van der Waals surface area contributed by atoms with Crippen molar-refractivity contribution in [3.8, 4) is 5.75 Å². The number of aromatic nitrogens is 2. The van der Waals surface area contributed by atoms with E-state index in [0.717, 1.165) is 34.5 Å². The van der Waals surface area contributed by atoms with Gasteiger partial charge in [-0.1, -0.05) is 24.3 Å². The Balaban J connectivity index is 1.68. The molecule has 0 saturated heterocycles. The Kier molecular flexibility index (Phi) is 2.86. The number of hydrogen-bond acceptors (Lipinski definition) is 2. The van der Waals surface area contributed by atoms with Crippen LogP contribution in [0.2, 0.25) is 0 Å². The second-order valence-corrected chi connectivity index (χ2v) is 6.00. The zero-order valence-corrected chi connectivity index (χ0v) is 12.6. The minimum Gasteiger partial charge on any atom is -0.488 e. The number of fused-ring (bicyclic) bond motifs is 2. The standard InChI is InChI=1S/C17H16N2OS/c1-11-6-7-14-15(8-11)19(17(21)18-14)10-13-9-12-4-2-3-5-16(12)20-13/h2-8,13H,9-10H2,1H3,(H,18,21). The number of imidazole rings is 1. The first-order valence-corrected chi connectivity index (χ1v) is 7.55. The van der Waals surface area contributed by atoms with Crippen molar-refractivity contribution < 1.29 is 4.74 Å². The fraction of sp³-hybridized carbons (Fsp3) is 0.235. The molecular weight excluding hydrogens is 280 g/mol. The monoisotopic (exact) mass is 296 g/mol. The van der Waals surface area contributed by atoms with Crippen LogP contribution >= 0.6 is 12.2 Å². The van der Waals surface area contributed by atoms with Crippen molar-refractivity contribution in [2.24, 2.45) is 0 Å². The number of para-hydroxylation sites is 1. The summed E-state index contributed by atoms with van der Waals surface area (Å²) in [5.41, 5.74) is 4.76. The van der Waals surface area contributed by atoms with E-state index in [9.17, 15) is 0 Å². The van der Waals surface area contributed by atoms with E-state index in [2.05, 4.69) is 46.8 Å². The van der Waals surface area contributed by atoms with Gasteiger partial charge in [0, 0.05) is 6.42 Å². The summed E-state index contributed by atoms with van der Waals surface area (Å²) in [7, 11) is 0. The van der Waals surface area contributed by atoms with Gasteiger partial charge in [0.05, 0.1) is 17.6 Å². The molecule has 0 saturated carbocycles. The van der Waals surface area contributed by atoms with Crippen LogP contribution in [-0.2, 0) is 13.0 Å². The summed E-state index contributed by atoms with van der Waals surface area (Å²) in [4.78, 5) is 3.27. The van der Waals surface area contributed by atoms with Crippen LogP contribution in [0.3, 0.4) is 0 Å². The van der Waals surface area contributed by atoms with E-state index in [1.54, 1.807) is 0 Å². The van der Waals surface area contributed by atoms with Crippen molar-refractivity contribution in [2.45, 2.75) is 26.0 Å². The van der Waals surface area contributed by atoms with Crippen LogP contribution in [0.15, 0.2) is 42.5 Å². The van der Waals surface area contributed by atoms with Gasteiger partial charge in [-0.15, -0.1) is 0 Å². The Morgan fingerprint density at radius 2 is 2.14 bits per heavy atom. The van der Waals surface area contributed by atoms with Crippen LogP contribution in [0.25, 0.3) is 11.0 Å². The molecule has 1 N–H and O–H groups in total. The SMILES string of the molecule is Cc1ccc2[nH]c(=S)n(CC3Cc4ccccc4O3)c2c1. The van der Waals surface area contributed by atoms with E-state index in [-0.39, 0.29) is 6.10 Å². The van der Waals surface area contributed by atoms with Crippen molar-refractivity contribution in [3.05, 3.63) is 58.4 Å². The van der Waals surface area contributed by atoms with E-state index >= 15 is 0 Å². The fourth-order valence-corrected chi connectivity index (χ4v) is 3.29. The number of nitrogens with one attached hydrogen (secondary N) is 1. The predicted molar refractivity (Wildman–Crippen MR) is 86.4 cm³/mol. The molecule has 2 aromatic carbocycles. The van der Waals surface area contributed by atoms with Crippen molar-refractivity contribution in [2.75, 3.05) is 0 Å². The van der Waals surface area contributed by atoms with Crippen molar-refractivity contribution in [3.63, 3.8) is 0 Å². The largest absolute Gasteiger partial charge is 0.488 e. The normalized spacial score (nSPS) is 16.9. The van der Waals surface area contributed by atoms with Crippen molar-refractivity contribution in [1.82, 2.24) is 9.55 Å². The highest BCUT2D eigenvalue weighted by atomic mass is 32.1. The van der Waals surface area contributed by atoms with Crippen LogP contribution in [0.1, 0.15) is 11.1 Å². The van der Waals surface area contributed by atoms with E-state index in [1.165, 1.54) is 11.1 Å². The van der Waals surface area contributed by atoms with Gasteiger partial charge >= 0.3 is 0 Å². The second-order valence-electron chi connectivity index (χ2n) is 5.61. The third-order valence-corrected chi connectivity index (χ3v) is 4.35. The number of ether oxygens (including phenoxy) is 1. The summed E-state index contributed by atoms with van der Waals surface area (Å²) in [6.45, 7) is 2.87. The molecule has 0 radical (unpaired) electrons. The summed E-state index contributed by atoms with van der Waals surface area (Å²) in [5.74, 6) is 1.00. The molecule has 0 spiro atoms. The molecule has 0 bridgehead atoms. The first kappa shape index (κ1) is 12.7. The molecule has 1 aliphatic rings. The minimum absolute atomic E-state index is 0.147. The van der Waals surface area contributed by atoms with Crippen molar-refractivity contribution >= 4 is 23.3 Å². The quantitative estimate of drug-likeness (QED) is 0.724. The van der Waals surface area contributed by atoms with Gasteiger partial charge < -0.3 is 14.3 Å². The first-order valence-electron chi connectivity index (χ1n) is 7.14. The van der Waals surface area contributed by atoms with Crippen LogP contribution in [0, 0.1) is 11.7 Å². The lowest BCUT2D eigenvalue weighted by Gasteiger charge is -2.12. The number of aryl methyl sites for hydroxylation is 1. The van der Waals surface area contributed by atoms with E-state index in [0.29, 0.717) is 0 Å². The maximum atomic E-state index is 6.03. The molecule has 3 aromatic rings. The fourth-order valence-electron chi connectivity index (χ4n) is 3.00. The summed E-state index contributed by atoms with van der Waals surface area (Å²) in [5, 5.41) is 0. The first-order chi connectivity index (χ1) is 10.2. The Bertz CT molecular complexity index is 853. The molecule has 1 aliphatic heterocycles. The lowest BCUT2D eigenvalue weighted by molar-refractivity contribution is 0.210. The smallest absolute Gasteiger partial charge is 0.178 e. The molecular formula is C17H16N2OS. The number of benzene rings is 2. The summed E-state index contributed by atoms with van der Waals surface area (Å²) in [6, 6.07) is 14.6. The minimum atomic E-state index is 0.147. The van der Waals surface area contributed by atoms with E-state index < -0.39 is 0 Å². The molecule has 2 heterocycles. The van der Waals surface area contributed by atoms with E-state index in [4.69, 9.17) is 17.0 Å². The molecule has 0 aliphatic carbocycles. The third kappa shape index (κ3) is 2.16. The summed E-state index contributed by atoms with van der Waals surface area (Å²) < 4.78 is 8.94. The zero-order valence-electron chi connectivity index (χ0n) is 11.8. The van der Waals surface area contributed by atoms with Crippen LogP contribution < -0.4 is 4.74 Å². The Morgan fingerprint density at radius 3 is 3.00 bits per heavy atom. The Labute approximate surface area is 128 Å². The van der Waals surface area contributed by atoms with Gasteiger partial charge in [0.2, 0.25) is 0 Å². The number of hydrogen-bond donors (Lipinski definition) is 1. The molecule has 3 nitrogen and oxygen atoms in total. The third-order valence-electron chi connectivity index (χ3n) is 4.03. The lowest BCUT2D eigenvalue weighted by atomic mass is 10.1. The Hall–Kier alpha value is -2.07. The van der Waals surface area contributed by atoms with Gasteiger partial charge in [0.1, 0.15) is 11.9 Å². The number of rotatable bonds is 2. The van der Waals surface area contributed by atoms with Crippen molar-refractivity contribution in [1.29, 1.82) is 0 Å². The Morgan fingerprint density at radius 1 is 1.29 bits per heavy atom. The number of aromatic amines is 1. The van der Waals surface area contributed by atoms with Gasteiger partial charge in [-0.2, -0.15) is 0 Å². The molecule has 4 heteroatoms. The van der Waals surface area contributed by atoms with Crippen LogP contribution in [0.4, 0.5) is 0 Å². The molecule has 21 heavy (non-hydrogen) atoms. The van der Waals surface area contributed by atoms with Crippen LogP contribution in [-0.4, -0.2) is 15.7 Å². The summed E-state index contributed by atoms with van der Waals surface area (Å²) in [6.07, 6.45) is 1.09. The predicted octanol–water partition coefficient (Wildman–Crippen LogP) is 4.01. The molecule has 1 unspecified atom stereocenters. The molecule has 4 rings (SSSR count). The lowest BCUT2D eigenvalue weighted by Crippen LogP contribution is -2.20. The maximum absolute atomic E-state index is 6.03. The number of H-pyrrole nitrogens is 1. The van der Waals surface area contributed by atoms with Gasteiger partial charge in [0.15, 0.2) is 4.77 Å². The van der Waals surface area contributed by atoms with Gasteiger partial charge in [0.25, 0.3) is 0 Å². The van der Waals surface area contributed by atoms with Crippen LogP contribution in [0.5, 0.6) is 5.75 Å². The maximum Gasteiger partial charge on any atom is 0.178 e. The van der Waals surface area contributed by atoms with Gasteiger partial charge in [-0.3, -0.25) is 0 Å². The second kappa shape index (κ2) is 4.74. The topological polar surface area (TPSA) is 29.9 Å². The molecule has 0 amide bonds. The average Bonchev–Trinajstić information content (AvgIpc) is 3.01. The highest BCUT2D eigenvalue weighted by Gasteiger charge is 2.23. The van der Waals surface area contributed by atoms with Gasteiger partial charge in [-0.25, -0.2) is 0 Å². The van der Waals surface area contributed by atoms with Gasteiger partial charge in [-0.05, 0) is 48.5 Å². The number of nitrogens with zero attached hydrogens (tertiary/aromatic N) is 1. The van der Waals surface area contributed by atoms with E-state index in [1.807, 2.05) is 12.1 Å². The molecule has 1 atom stereocenters. The highest BCUT2D eigenvalue weighted by molar-refractivity contribution is 7.71.